The molecular formula is C27H33NO5. The normalized spacial score (nSPS) is 17.4. The van der Waals surface area contributed by atoms with Gasteiger partial charge in [0.1, 0.15) is 22.8 Å². The second kappa shape index (κ2) is 8.73. The van der Waals surface area contributed by atoms with E-state index < -0.39 is 5.60 Å². The molecule has 2 heterocycles. The molecule has 2 aromatic carbocycles. The van der Waals surface area contributed by atoms with Crippen molar-refractivity contribution in [1.82, 2.24) is 4.90 Å². The molecule has 2 aliphatic rings. The molecular weight excluding hydrogens is 418 g/mol. The van der Waals surface area contributed by atoms with Crippen LogP contribution in [-0.4, -0.2) is 49.0 Å². The first kappa shape index (κ1) is 23.1. The average Bonchev–Trinajstić information content (AvgIpc) is 2.78. The summed E-state index contributed by atoms with van der Waals surface area (Å²) < 4.78 is 17.6. The first-order valence-corrected chi connectivity index (χ1v) is 11.5. The number of piperidine rings is 1. The first-order chi connectivity index (χ1) is 15.6. The lowest BCUT2D eigenvalue weighted by atomic mass is 9.82. The maximum atomic E-state index is 12.9. The van der Waals surface area contributed by atoms with Gasteiger partial charge in [0, 0.05) is 31.5 Å². The summed E-state index contributed by atoms with van der Waals surface area (Å²) >= 11 is 0. The molecule has 0 radical (unpaired) electrons. The molecule has 1 saturated heterocycles. The van der Waals surface area contributed by atoms with E-state index in [1.165, 1.54) is 0 Å². The van der Waals surface area contributed by atoms with Crippen LogP contribution in [0.25, 0.3) is 0 Å². The van der Waals surface area contributed by atoms with E-state index in [4.69, 9.17) is 14.2 Å². The maximum Gasteiger partial charge on any atom is 0.260 e. The summed E-state index contributed by atoms with van der Waals surface area (Å²) in [5.41, 5.74) is 2.04. The molecule has 0 aliphatic carbocycles. The van der Waals surface area contributed by atoms with Crippen molar-refractivity contribution in [2.75, 3.05) is 26.8 Å². The molecule has 4 rings (SSSR count). The van der Waals surface area contributed by atoms with Gasteiger partial charge in [-0.2, -0.15) is 0 Å². The first-order valence-electron chi connectivity index (χ1n) is 11.5. The number of methoxy groups -OCH3 is 1. The van der Waals surface area contributed by atoms with Crippen molar-refractivity contribution < 1.29 is 23.8 Å². The zero-order valence-corrected chi connectivity index (χ0v) is 20.2. The number of ether oxygens (including phenoxy) is 3. The quantitative estimate of drug-likeness (QED) is 0.674. The van der Waals surface area contributed by atoms with E-state index in [2.05, 4.69) is 20.8 Å². The van der Waals surface area contributed by atoms with Gasteiger partial charge in [0.15, 0.2) is 12.4 Å². The molecule has 0 atom stereocenters. The van der Waals surface area contributed by atoms with Gasteiger partial charge in [0.2, 0.25) is 0 Å². The molecule has 33 heavy (non-hydrogen) atoms. The van der Waals surface area contributed by atoms with Crippen LogP contribution < -0.4 is 14.2 Å². The Morgan fingerprint density at radius 2 is 1.85 bits per heavy atom. The highest BCUT2D eigenvalue weighted by atomic mass is 16.5. The number of hydrogen-bond acceptors (Lipinski definition) is 5. The zero-order chi connectivity index (χ0) is 23.8. The van der Waals surface area contributed by atoms with Crippen molar-refractivity contribution in [2.24, 2.45) is 0 Å². The monoisotopic (exact) mass is 451 g/mol. The van der Waals surface area contributed by atoms with Gasteiger partial charge >= 0.3 is 0 Å². The zero-order valence-electron chi connectivity index (χ0n) is 20.2. The van der Waals surface area contributed by atoms with Crippen LogP contribution in [0.1, 0.15) is 61.5 Å². The van der Waals surface area contributed by atoms with Crippen LogP contribution in [0, 0.1) is 6.92 Å². The Balaban J connectivity index is 1.38. The van der Waals surface area contributed by atoms with E-state index in [0.29, 0.717) is 49.4 Å². The fraction of sp³-hybridized carbons (Fsp3) is 0.481. The Morgan fingerprint density at radius 1 is 1.12 bits per heavy atom. The predicted molar refractivity (Wildman–Crippen MR) is 126 cm³/mol. The summed E-state index contributed by atoms with van der Waals surface area (Å²) in [7, 11) is 1.64. The Hall–Kier alpha value is -3.02. The number of ketones is 1. The lowest BCUT2D eigenvalue weighted by molar-refractivity contribution is -0.137. The number of aryl methyl sites for hydroxylation is 1. The average molecular weight is 452 g/mol. The Morgan fingerprint density at radius 3 is 2.52 bits per heavy atom. The molecule has 1 amide bonds. The smallest absolute Gasteiger partial charge is 0.260 e. The molecule has 0 saturated carbocycles. The molecule has 0 unspecified atom stereocenters. The number of benzene rings is 2. The lowest BCUT2D eigenvalue weighted by Crippen LogP contribution is -2.53. The number of amides is 1. The highest BCUT2D eigenvalue weighted by molar-refractivity contribution is 6.00. The predicted octanol–water partition coefficient (Wildman–Crippen LogP) is 4.71. The van der Waals surface area contributed by atoms with Gasteiger partial charge in [-0.3, -0.25) is 9.59 Å². The van der Waals surface area contributed by atoms with Crippen molar-refractivity contribution in [1.29, 1.82) is 0 Å². The molecule has 1 spiro atoms. The summed E-state index contributed by atoms with van der Waals surface area (Å²) in [6.45, 7) is 9.35. The van der Waals surface area contributed by atoms with Crippen LogP contribution in [0.5, 0.6) is 17.2 Å². The summed E-state index contributed by atoms with van der Waals surface area (Å²) in [6, 6.07) is 11.4. The molecule has 0 aromatic heterocycles. The van der Waals surface area contributed by atoms with E-state index in [1.807, 2.05) is 48.2 Å². The van der Waals surface area contributed by atoms with E-state index in [-0.39, 0.29) is 23.7 Å². The highest BCUT2D eigenvalue weighted by Crippen LogP contribution is 2.40. The summed E-state index contributed by atoms with van der Waals surface area (Å²) in [4.78, 5) is 27.5. The summed E-state index contributed by atoms with van der Waals surface area (Å²) in [5.74, 6) is 2.18. The van der Waals surface area contributed by atoms with E-state index in [1.54, 1.807) is 7.11 Å². The van der Waals surface area contributed by atoms with Crippen LogP contribution in [0.15, 0.2) is 36.4 Å². The molecule has 0 bridgehead atoms. The highest BCUT2D eigenvalue weighted by Gasteiger charge is 2.43. The molecule has 176 valence electrons. The van der Waals surface area contributed by atoms with Crippen LogP contribution in [0.2, 0.25) is 0 Å². The lowest BCUT2D eigenvalue weighted by Gasteiger charge is -2.44. The fourth-order valence-electron chi connectivity index (χ4n) is 4.63. The fourth-order valence-corrected chi connectivity index (χ4v) is 4.63. The second-order valence-electron chi connectivity index (χ2n) is 10.2. The summed E-state index contributed by atoms with van der Waals surface area (Å²) in [5, 5.41) is 0. The van der Waals surface area contributed by atoms with Gasteiger partial charge in [-0.1, -0.05) is 32.4 Å². The standard InChI is InChI=1S/C27H33NO5/c1-18-6-8-23-20(14-18)22(29)16-27(33-23)10-12-28(13-11-27)25(30)17-32-24-9-7-19(31-5)15-21(24)26(2,3)4/h6-9,14-15H,10-13,16-17H2,1-5H3. The van der Waals surface area contributed by atoms with Crippen molar-refractivity contribution in [2.45, 2.75) is 58.0 Å². The third-order valence-corrected chi connectivity index (χ3v) is 6.62. The van der Waals surface area contributed by atoms with E-state index >= 15 is 0 Å². The molecule has 1 fully saturated rings. The minimum Gasteiger partial charge on any atom is -0.497 e. The van der Waals surface area contributed by atoms with Crippen LogP contribution >= 0.6 is 0 Å². The largest absolute Gasteiger partial charge is 0.497 e. The number of fused-ring (bicyclic) bond motifs is 1. The minimum absolute atomic E-state index is 0.0235. The van der Waals surface area contributed by atoms with Crippen LogP contribution in [0.3, 0.4) is 0 Å². The molecule has 6 heteroatoms. The van der Waals surface area contributed by atoms with Crippen LogP contribution in [-0.2, 0) is 10.2 Å². The van der Waals surface area contributed by atoms with Crippen molar-refractivity contribution in [3.63, 3.8) is 0 Å². The number of Topliss-reactive ketones (excluding diaryl/α,β-unsaturated/α-hetero) is 1. The SMILES string of the molecule is COc1ccc(OCC(=O)N2CCC3(CC2)CC(=O)c2cc(C)ccc2O3)c(C(C)(C)C)c1. The Kier molecular flexibility index (Phi) is 6.12. The Labute approximate surface area is 195 Å². The van der Waals surface area contributed by atoms with Crippen LogP contribution in [0.4, 0.5) is 0 Å². The number of carbonyl (C=O) groups is 2. The molecule has 0 N–H and O–H groups in total. The number of nitrogens with zero attached hydrogens (tertiary/aromatic N) is 1. The summed E-state index contributed by atoms with van der Waals surface area (Å²) in [6.07, 6.45) is 1.63. The van der Waals surface area contributed by atoms with Gasteiger partial charge in [-0.15, -0.1) is 0 Å². The van der Waals surface area contributed by atoms with E-state index in [9.17, 15) is 9.59 Å². The van der Waals surface area contributed by atoms with Crippen molar-refractivity contribution >= 4 is 11.7 Å². The van der Waals surface area contributed by atoms with Gasteiger partial charge in [-0.25, -0.2) is 0 Å². The third-order valence-electron chi connectivity index (χ3n) is 6.62. The third kappa shape index (κ3) is 4.85. The van der Waals surface area contributed by atoms with Gasteiger partial charge < -0.3 is 19.1 Å². The number of likely N-dealkylation sites (tertiary alicyclic amines) is 1. The van der Waals surface area contributed by atoms with Gasteiger partial charge in [0.25, 0.3) is 5.91 Å². The topological polar surface area (TPSA) is 65.1 Å². The van der Waals surface area contributed by atoms with Gasteiger partial charge in [-0.05, 0) is 42.7 Å². The van der Waals surface area contributed by atoms with E-state index in [0.717, 1.165) is 16.9 Å². The molecule has 2 aliphatic heterocycles. The second-order valence-corrected chi connectivity index (χ2v) is 10.2. The number of carbonyl (C=O) groups excluding carboxylic acids is 2. The number of rotatable bonds is 4. The minimum atomic E-state index is -0.521. The van der Waals surface area contributed by atoms with Crippen molar-refractivity contribution in [3.8, 4) is 17.2 Å². The Bertz CT molecular complexity index is 1060. The molecule has 2 aromatic rings. The molecule has 6 nitrogen and oxygen atoms in total. The maximum absolute atomic E-state index is 12.9. The van der Waals surface area contributed by atoms with Crippen molar-refractivity contribution in [3.05, 3.63) is 53.1 Å². The van der Waals surface area contributed by atoms with Gasteiger partial charge in [0.05, 0.1) is 19.1 Å². The number of hydrogen-bond donors (Lipinski definition) is 0.